The van der Waals surface area contributed by atoms with Gasteiger partial charge in [0.05, 0.1) is 17.5 Å². The summed E-state index contributed by atoms with van der Waals surface area (Å²) < 4.78 is 6.78. The molecule has 0 saturated carbocycles. The highest BCUT2D eigenvalue weighted by molar-refractivity contribution is 5.94. The van der Waals surface area contributed by atoms with E-state index < -0.39 is 0 Å². The Morgan fingerprint density at radius 1 is 0.943 bits per heavy atom. The minimum atomic E-state index is -0.207. The zero-order valence-corrected chi connectivity index (χ0v) is 18.8. The fraction of sp³-hybridized carbons (Fsp3) is 0.111. The summed E-state index contributed by atoms with van der Waals surface area (Å²) in [5, 5.41) is 7.39. The minimum absolute atomic E-state index is 0.0269. The lowest BCUT2D eigenvalue weighted by molar-refractivity contribution is 0.0950. The summed E-state index contributed by atoms with van der Waals surface area (Å²) in [7, 11) is 0. The van der Waals surface area contributed by atoms with Crippen LogP contribution in [0.5, 0.6) is 0 Å². The summed E-state index contributed by atoms with van der Waals surface area (Å²) >= 11 is 0. The first-order valence-corrected chi connectivity index (χ1v) is 11.1. The van der Waals surface area contributed by atoms with Crippen LogP contribution in [0.4, 0.5) is 5.82 Å². The van der Waals surface area contributed by atoms with Gasteiger partial charge in [-0.15, -0.1) is 0 Å². The average Bonchev–Trinajstić information content (AvgIpc) is 3.25. The Labute approximate surface area is 201 Å². The Balaban J connectivity index is 1.22. The maximum absolute atomic E-state index is 12.7. The lowest BCUT2D eigenvalue weighted by Gasteiger charge is -2.09. The fourth-order valence-electron chi connectivity index (χ4n) is 3.89. The van der Waals surface area contributed by atoms with Crippen LogP contribution in [0.25, 0.3) is 11.0 Å². The molecule has 5 rings (SSSR count). The maximum atomic E-state index is 12.7. The summed E-state index contributed by atoms with van der Waals surface area (Å²) in [6.45, 7) is 0.864. The number of carbonyl (C=O) groups excluding carboxylic acids is 1. The number of anilines is 1. The molecule has 3 aromatic heterocycles. The largest absolute Gasteiger partial charge is 0.380 e. The van der Waals surface area contributed by atoms with Crippen molar-refractivity contribution < 1.29 is 9.32 Å². The van der Waals surface area contributed by atoms with E-state index in [1.807, 2.05) is 48.5 Å². The van der Waals surface area contributed by atoms with Gasteiger partial charge in [0.15, 0.2) is 11.4 Å². The second-order valence-electron chi connectivity index (χ2n) is 8.32. The molecule has 1 amide bonds. The van der Waals surface area contributed by atoms with E-state index in [1.165, 1.54) is 0 Å². The van der Waals surface area contributed by atoms with Crippen molar-refractivity contribution >= 4 is 22.7 Å². The van der Waals surface area contributed by atoms with E-state index in [2.05, 4.69) is 15.5 Å². The molecule has 3 heterocycles. The Morgan fingerprint density at radius 2 is 1.74 bits per heavy atom. The lowest BCUT2D eigenvalue weighted by atomic mass is 10.0. The van der Waals surface area contributed by atoms with Crippen molar-refractivity contribution in [3.63, 3.8) is 0 Å². The zero-order chi connectivity index (χ0) is 24.2. The zero-order valence-electron chi connectivity index (χ0n) is 18.8. The Hall–Kier alpha value is -4.72. The molecular weight excluding hydrogens is 442 g/mol. The van der Waals surface area contributed by atoms with Crippen LogP contribution in [0, 0.1) is 0 Å². The number of nitrogens with one attached hydrogen (secondary N) is 1. The quantitative estimate of drug-likeness (QED) is 0.380. The van der Waals surface area contributed by atoms with Gasteiger partial charge in [0.1, 0.15) is 0 Å². The molecule has 5 aromatic rings. The monoisotopic (exact) mass is 465 g/mol. The van der Waals surface area contributed by atoms with Gasteiger partial charge < -0.3 is 20.1 Å². The van der Waals surface area contributed by atoms with Crippen molar-refractivity contribution in [2.45, 2.75) is 19.5 Å². The molecule has 8 heteroatoms. The molecule has 0 aliphatic rings. The number of benzene rings is 2. The molecule has 0 fully saturated rings. The van der Waals surface area contributed by atoms with Crippen LogP contribution in [0.3, 0.4) is 0 Å². The SMILES string of the molecule is Nc1noc2ccc(CNC(=O)c3cncc(Cc4ccc(Cn5ccccc5=O)cc4)c3)cc12. The van der Waals surface area contributed by atoms with Gasteiger partial charge >= 0.3 is 0 Å². The minimum Gasteiger partial charge on any atom is -0.380 e. The molecule has 0 aliphatic heterocycles. The van der Waals surface area contributed by atoms with Crippen LogP contribution in [-0.4, -0.2) is 20.6 Å². The van der Waals surface area contributed by atoms with Crippen LogP contribution < -0.4 is 16.6 Å². The second-order valence-corrected chi connectivity index (χ2v) is 8.32. The third kappa shape index (κ3) is 5.11. The molecule has 0 unspecified atom stereocenters. The second kappa shape index (κ2) is 9.64. The molecule has 8 nitrogen and oxygen atoms in total. The standard InChI is InChI=1S/C27H23N5O3/c28-26-23-13-20(8-9-24(23)35-31-26)15-30-27(34)22-12-21(14-29-16-22)11-18-4-6-19(7-5-18)17-32-10-2-1-3-25(32)33/h1-10,12-14,16H,11,15,17H2,(H2,28,31)(H,30,34). The molecule has 174 valence electrons. The number of nitrogen functional groups attached to an aromatic ring is 1. The molecule has 0 radical (unpaired) electrons. The van der Waals surface area contributed by atoms with E-state index in [1.54, 1.807) is 41.4 Å². The molecule has 35 heavy (non-hydrogen) atoms. The Bertz CT molecular complexity index is 1550. The van der Waals surface area contributed by atoms with Crippen LogP contribution in [0.2, 0.25) is 0 Å². The highest BCUT2D eigenvalue weighted by Gasteiger charge is 2.10. The van der Waals surface area contributed by atoms with Crippen molar-refractivity contribution in [1.82, 2.24) is 20.0 Å². The number of aromatic nitrogens is 3. The van der Waals surface area contributed by atoms with Crippen molar-refractivity contribution in [3.8, 4) is 0 Å². The third-order valence-electron chi connectivity index (χ3n) is 5.76. The molecule has 2 aromatic carbocycles. The van der Waals surface area contributed by atoms with E-state index >= 15 is 0 Å². The summed E-state index contributed by atoms with van der Waals surface area (Å²) in [5.41, 5.74) is 10.8. The molecular formula is C27H23N5O3. The number of hydrogen-bond acceptors (Lipinski definition) is 6. The van der Waals surface area contributed by atoms with Crippen molar-refractivity contribution in [2.24, 2.45) is 0 Å². The van der Waals surface area contributed by atoms with Crippen LogP contribution >= 0.6 is 0 Å². The maximum Gasteiger partial charge on any atom is 0.253 e. The normalized spacial score (nSPS) is 11.0. The molecule has 0 saturated heterocycles. The molecule has 0 atom stereocenters. The van der Waals surface area contributed by atoms with E-state index in [0.717, 1.165) is 27.6 Å². The average molecular weight is 466 g/mol. The van der Waals surface area contributed by atoms with E-state index in [4.69, 9.17) is 10.3 Å². The van der Waals surface area contributed by atoms with Gasteiger partial charge in [0, 0.05) is 31.2 Å². The number of amides is 1. The van der Waals surface area contributed by atoms with Gasteiger partial charge in [0.25, 0.3) is 11.5 Å². The van der Waals surface area contributed by atoms with Crippen molar-refractivity contribution in [1.29, 1.82) is 0 Å². The predicted octanol–water partition coefficient (Wildman–Crippen LogP) is 3.54. The van der Waals surface area contributed by atoms with Gasteiger partial charge in [-0.05, 0) is 52.9 Å². The van der Waals surface area contributed by atoms with Crippen molar-refractivity contribution in [2.75, 3.05) is 5.73 Å². The van der Waals surface area contributed by atoms with E-state index in [-0.39, 0.29) is 11.5 Å². The third-order valence-corrected chi connectivity index (χ3v) is 5.76. The van der Waals surface area contributed by atoms with Gasteiger partial charge in [-0.2, -0.15) is 0 Å². The van der Waals surface area contributed by atoms with Gasteiger partial charge in [-0.1, -0.05) is 41.6 Å². The summed E-state index contributed by atoms with van der Waals surface area (Å²) in [6, 6.07) is 20.6. The molecule has 0 bridgehead atoms. The number of hydrogen-bond donors (Lipinski definition) is 2. The first-order chi connectivity index (χ1) is 17.0. The fourth-order valence-corrected chi connectivity index (χ4v) is 3.89. The predicted molar refractivity (Wildman–Crippen MR) is 133 cm³/mol. The molecule has 3 N–H and O–H groups in total. The number of nitrogens with zero attached hydrogens (tertiary/aromatic N) is 3. The Morgan fingerprint density at radius 3 is 2.57 bits per heavy atom. The first-order valence-electron chi connectivity index (χ1n) is 11.1. The lowest BCUT2D eigenvalue weighted by Crippen LogP contribution is -2.23. The number of nitrogens with two attached hydrogens (primary N) is 1. The first kappa shape index (κ1) is 22.1. The smallest absolute Gasteiger partial charge is 0.253 e. The van der Waals surface area contributed by atoms with Gasteiger partial charge in [0.2, 0.25) is 0 Å². The van der Waals surface area contributed by atoms with Crippen molar-refractivity contribution in [3.05, 3.63) is 123 Å². The van der Waals surface area contributed by atoms with E-state index in [0.29, 0.717) is 36.5 Å². The highest BCUT2D eigenvalue weighted by atomic mass is 16.5. The van der Waals surface area contributed by atoms with Crippen LogP contribution in [0.1, 0.15) is 32.6 Å². The molecule has 0 aliphatic carbocycles. The Kier molecular flexibility index (Phi) is 6.09. The number of fused-ring (bicyclic) bond motifs is 1. The van der Waals surface area contributed by atoms with E-state index in [9.17, 15) is 9.59 Å². The summed E-state index contributed by atoms with van der Waals surface area (Å²) in [4.78, 5) is 28.9. The van der Waals surface area contributed by atoms with Gasteiger partial charge in [-0.3, -0.25) is 14.6 Å². The number of rotatable bonds is 7. The number of pyridine rings is 2. The highest BCUT2D eigenvalue weighted by Crippen LogP contribution is 2.21. The topological polar surface area (TPSA) is 116 Å². The van der Waals surface area contributed by atoms with Gasteiger partial charge in [-0.25, -0.2) is 0 Å². The van der Waals surface area contributed by atoms with Crippen LogP contribution in [0.15, 0.2) is 94.6 Å². The van der Waals surface area contributed by atoms with Crippen LogP contribution in [-0.2, 0) is 19.5 Å². The summed E-state index contributed by atoms with van der Waals surface area (Å²) in [6.07, 6.45) is 5.74. The number of carbonyl (C=O) groups is 1. The molecule has 0 spiro atoms. The summed E-state index contributed by atoms with van der Waals surface area (Å²) in [5.74, 6) is 0.119.